The molecule has 1 aromatic heterocycles. The average molecular weight is 405 g/mol. The fourth-order valence-corrected chi connectivity index (χ4v) is 3.50. The normalized spacial score (nSPS) is 10.2. The molecule has 9 heteroatoms. The number of esters is 2. The number of carbonyl (C=O) groups is 4. The van der Waals surface area contributed by atoms with E-state index in [0.717, 1.165) is 11.3 Å². The van der Waals surface area contributed by atoms with Crippen LogP contribution in [-0.4, -0.2) is 41.9 Å². The standard InChI is InChI=1S/C19H19NO7S/c1-4-26-19(25)15-10(2)16(11(3)21)28-17(15)20-14(23)9-27-18(24)12-6-5-7-13(22)8-12/h5-8,22H,4,9H2,1-3H3,(H,20,23). The number of amides is 1. The minimum absolute atomic E-state index is 0.0887. The van der Waals surface area contributed by atoms with Crippen molar-refractivity contribution in [3.63, 3.8) is 0 Å². The molecule has 2 rings (SSSR count). The van der Waals surface area contributed by atoms with Gasteiger partial charge in [-0.05, 0) is 44.5 Å². The van der Waals surface area contributed by atoms with Gasteiger partial charge < -0.3 is 19.9 Å². The number of hydrogen-bond acceptors (Lipinski definition) is 8. The number of thiophene rings is 1. The van der Waals surface area contributed by atoms with Crippen LogP contribution < -0.4 is 5.32 Å². The first-order valence-electron chi connectivity index (χ1n) is 8.32. The maximum Gasteiger partial charge on any atom is 0.341 e. The summed E-state index contributed by atoms with van der Waals surface area (Å²) in [5.74, 6) is -2.48. The summed E-state index contributed by atoms with van der Waals surface area (Å²) in [5.41, 5.74) is 0.610. The van der Waals surface area contributed by atoms with Gasteiger partial charge in [-0.1, -0.05) is 6.07 Å². The summed E-state index contributed by atoms with van der Waals surface area (Å²) in [7, 11) is 0. The van der Waals surface area contributed by atoms with Gasteiger partial charge in [0, 0.05) is 0 Å². The number of nitrogens with one attached hydrogen (secondary N) is 1. The van der Waals surface area contributed by atoms with Gasteiger partial charge in [0.2, 0.25) is 0 Å². The van der Waals surface area contributed by atoms with Crippen molar-refractivity contribution in [1.29, 1.82) is 0 Å². The lowest BCUT2D eigenvalue weighted by molar-refractivity contribution is -0.119. The van der Waals surface area contributed by atoms with Gasteiger partial charge in [0.05, 0.1) is 22.6 Å². The molecule has 0 saturated heterocycles. The Morgan fingerprint density at radius 2 is 1.86 bits per heavy atom. The minimum atomic E-state index is -0.788. The van der Waals surface area contributed by atoms with Gasteiger partial charge in [0.15, 0.2) is 12.4 Å². The average Bonchev–Trinajstić information content (AvgIpc) is 2.96. The molecule has 8 nitrogen and oxygen atoms in total. The van der Waals surface area contributed by atoms with Crippen molar-refractivity contribution in [3.8, 4) is 5.75 Å². The van der Waals surface area contributed by atoms with E-state index in [2.05, 4.69) is 5.32 Å². The molecule has 0 radical (unpaired) electrons. The Bertz CT molecular complexity index is 932. The molecule has 0 saturated carbocycles. The maximum absolute atomic E-state index is 12.2. The number of phenols is 1. The Labute approximate surface area is 165 Å². The van der Waals surface area contributed by atoms with Crippen molar-refractivity contribution in [2.75, 3.05) is 18.5 Å². The topological polar surface area (TPSA) is 119 Å². The number of anilines is 1. The van der Waals surface area contributed by atoms with Gasteiger partial charge in [0.1, 0.15) is 10.8 Å². The zero-order chi connectivity index (χ0) is 20.8. The first kappa shape index (κ1) is 21.1. The fraction of sp³-hybridized carbons (Fsp3) is 0.263. The van der Waals surface area contributed by atoms with E-state index in [1.165, 1.54) is 31.2 Å². The van der Waals surface area contributed by atoms with Crippen molar-refractivity contribution in [1.82, 2.24) is 0 Å². The molecule has 148 valence electrons. The number of phenolic OH excluding ortho intramolecular Hbond substituents is 1. The van der Waals surface area contributed by atoms with Gasteiger partial charge in [-0.15, -0.1) is 11.3 Å². The van der Waals surface area contributed by atoms with Crippen LogP contribution in [0.2, 0.25) is 0 Å². The summed E-state index contributed by atoms with van der Waals surface area (Å²) in [6.07, 6.45) is 0. The zero-order valence-electron chi connectivity index (χ0n) is 15.5. The van der Waals surface area contributed by atoms with Crippen molar-refractivity contribution < 1.29 is 33.8 Å². The number of ether oxygens (including phenoxy) is 2. The summed E-state index contributed by atoms with van der Waals surface area (Å²) >= 11 is 0.953. The Balaban J connectivity index is 2.12. The molecular weight excluding hydrogens is 386 g/mol. The molecule has 28 heavy (non-hydrogen) atoms. The Kier molecular flexibility index (Phi) is 6.89. The summed E-state index contributed by atoms with van der Waals surface area (Å²) in [6, 6.07) is 5.50. The van der Waals surface area contributed by atoms with E-state index >= 15 is 0 Å². The molecule has 0 aliphatic rings. The number of ketones is 1. The highest BCUT2D eigenvalue weighted by molar-refractivity contribution is 7.18. The second kappa shape index (κ2) is 9.14. The van der Waals surface area contributed by atoms with Gasteiger partial charge in [-0.3, -0.25) is 9.59 Å². The monoisotopic (exact) mass is 405 g/mol. The van der Waals surface area contributed by atoms with E-state index in [-0.39, 0.29) is 34.3 Å². The lowest BCUT2D eigenvalue weighted by Crippen LogP contribution is -2.21. The van der Waals surface area contributed by atoms with E-state index in [4.69, 9.17) is 9.47 Å². The summed E-state index contributed by atoms with van der Waals surface area (Å²) < 4.78 is 9.90. The molecule has 0 unspecified atom stereocenters. The van der Waals surface area contributed by atoms with E-state index < -0.39 is 24.5 Å². The highest BCUT2D eigenvalue weighted by Crippen LogP contribution is 2.34. The Morgan fingerprint density at radius 1 is 1.14 bits per heavy atom. The molecule has 1 heterocycles. The third-order valence-electron chi connectivity index (χ3n) is 3.62. The Morgan fingerprint density at radius 3 is 2.46 bits per heavy atom. The molecule has 1 amide bonds. The molecule has 0 atom stereocenters. The molecule has 1 aromatic carbocycles. The molecular formula is C19H19NO7S. The second-order valence-corrected chi connectivity index (χ2v) is 6.73. The third-order valence-corrected chi connectivity index (χ3v) is 4.92. The SMILES string of the molecule is CCOC(=O)c1c(NC(=O)COC(=O)c2cccc(O)c2)sc(C(C)=O)c1C. The quantitative estimate of drug-likeness (QED) is 0.537. The smallest absolute Gasteiger partial charge is 0.341 e. The van der Waals surface area contributed by atoms with Crippen LogP contribution in [0.5, 0.6) is 5.75 Å². The van der Waals surface area contributed by atoms with Crippen molar-refractivity contribution in [2.24, 2.45) is 0 Å². The molecule has 0 bridgehead atoms. The van der Waals surface area contributed by atoms with Gasteiger partial charge >= 0.3 is 11.9 Å². The number of aromatic hydroxyl groups is 1. The Hall–Kier alpha value is -3.20. The van der Waals surface area contributed by atoms with Crippen LogP contribution in [0.3, 0.4) is 0 Å². The maximum atomic E-state index is 12.2. The van der Waals surface area contributed by atoms with Crippen LogP contribution in [0.4, 0.5) is 5.00 Å². The van der Waals surface area contributed by atoms with Crippen molar-refractivity contribution >= 4 is 40.0 Å². The van der Waals surface area contributed by atoms with Crippen LogP contribution >= 0.6 is 11.3 Å². The van der Waals surface area contributed by atoms with Crippen molar-refractivity contribution in [2.45, 2.75) is 20.8 Å². The number of Topliss-reactive ketones (excluding diaryl/α,β-unsaturated/α-hetero) is 1. The largest absolute Gasteiger partial charge is 0.508 e. The first-order chi connectivity index (χ1) is 13.2. The second-order valence-electron chi connectivity index (χ2n) is 5.71. The van der Waals surface area contributed by atoms with Crippen LogP contribution in [-0.2, 0) is 14.3 Å². The lowest BCUT2D eigenvalue weighted by atomic mass is 10.1. The lowest BCUT2D eigenvalue weighted by Gasteiger charge is -2.08. The highest BCUT2D eigenvalue weighted by atomic mass is 32.1. The van der Waals surface area contributed by atoms with Crippen molar-refractivity contribution in [3.05, 3.63) is 45.8 Å². The molecule has 2 N–H and O–H groups in total. The molecule has 0 spiro atoms. The van der Waals surface area contributed by atoms with Gasteiger partial charge in [0.25, 0.3) is 5.91 Å². The minimum Gasteiger partial charge on any atom is -0.508 e. The van der Waals surface area contributed by atoms with E-state index in [9.17, 15) is 24.3 Å². The number of benzene rings is 1. The van der Waals surface area contributed by atoms with Crippen LogP contribution in [0.25, 0.3) is 0 Å². The predicted octanol–water partition coefficient (Wildman–Crippen LogP) is 2.94. The highest BCUT2D eigenvalue weighted by Gasteiger charge is 2.25. The number of rotatable bonds is 7. The van der Waals surface area contributed by atoms with E-state index in [1.54, 1.807) is 13.8 Å². The first-order valence-corrected chi connectivity index (χ1v) is 9.13. The third kappa shape index (κ3) is 4.95. The van der Waals surface area contributed by atoms with Crippen LogP contribution in [0.1, 0.15) is 49.8 Å². The van der Waals surface area contributed by atoms with Crippen LogP contribution in [0.15, 0.2) is 24.3 Å². The van der Waals surface area contributed by atoms with Crippen LogP contribution in [0, 0.1) is 6.92 Å². The number of hydrogen-bond donors (Lipinski definition) is 2. The van der Waals surface area contributed by atoms with E-state index in [1.807, 2.05) is 0 Å². The molecule has 0 aliphatic carbocycles. The zero-order valence-corrected chi connectivity index (χ0v) is 16.3. The molecule has 0 fully saturated rings. The van der Waals surface area contributed by atoms with Gasteiger partial charge in [-0.2, -0.15) is 0 Å². The van der Waals surface area contributed by atoms with E-state index in [0.29, 0.717) is 10.4 Å². The number of carbonyl (C=O) groups excluding carboxylic acids is 4. The molecule has 0 aliphatic heterocycles. The summed E-state index contributed by atoms with van der Waals surface area (Å²) in [5, 5.41) is 12.0. The predicted molar refractivity (Wildman–Crippen MR) is 102 cm³/mol. The summed E-state index contributed by atoms with van der Waals surface area (Å²) in [4.78, 5) is 48.4. The summed E-state index contributed by atoms with van der Waals surface area (Å²) in [6.45, 7) is 4.12. The fourth-order valence-electron chi connectivity index (χ4n) is 2.40. The molecule has 2 aromatic rings. The van der Waals surface area contributed by atoms with Gasteiger partial charge in [-0.25, -0.2) is 9.59 Å².